The van der Waals surface area contributed by atoms with Crippen LogP contribution >= 0.6 is 22.9 Å². The van der Waals surface area contributed by atoms with Crippen molar-refractivity contribution in [3.05, 3.63) is 50.7 Å². The van der Waals surface area contributed by atoms with E-state index in [1.54, 1.807) is 11.3 Å². The van der Waals surface area contributed by atoms with Gasteiger partial charge in [0.2, 0.25) is 0 Å². The molecule has 1 aliphatic rings. The first-order valence-corrected chi connectivity index (χ1v) is 9.64. The summed E-state index contributed by atoms with van der Waals surface area (Å²) in [5.41, 5.74) is 1.76. The molecule has 2 heterocycles. The lowest BCUT2D eigenvalue weighted by Crippen LogP contribution is -2.37. The van der Waals surface area contributed by atoms with Crippen molar-refractivity contribution in [3.8, 4) is 0 Å². The van der Waals surface area contributed by atoms with E-state index in [1.807, 2.05) is 30.0 Å². The van der Waals surface area contributed by atoms with Crippen LogP contribution in [0, 0.1) is 13.8 Å². The molecule has 0 saturated carbocycles. The Hall–Kier alpha value is -1.52. The summed E-state index contributed by atoms with van der Waals surface area (Å²) in [4.78, 5) is 17.5. The maximum Gasteiger partial charge on any atom is 0.322 e. The highest BCUT2D eigenvalue weighted by atomic mass is 35.5. The van der Waals surface area contributed by atoms with E-state index < -0.39 is 0 Å². The molecule has 1 aromatic heterocycles. The number of urea groups is 1. The molecule has 5 heteroatoms. The number of thiophene rings is 1. The van der Waals surface area contributed by atoms with E-state index in [4.69, 9.17) is 11.6 Å². The molecular formula is C19H23ClN2OS. The summed E-state index contributed by atoms with van der Waals surface area (Å²) in [6.07, 6.45) is 4.44. The van der Waals surface area contributed by atoms with E-state index >= 15 is 0 Å². The monoisotopic (exact) mass is 362 g/mol. The van der Waals surface area contributed by atoms with Crippen LogP contribution in [0.2, 0.25) is 5.02 Å². The highest BCUT2D eigenvalue weighted by molar-refractivity contribution is 7.12. The first kappa shape index (κ1) is 17.3. The fraction of sp³-hybridized carbons (Fsp3) is 0.421. The van der Waals surface area contributed by atoms with Gasteiger partial charge in [-0.2, -0.15) is 0 Å². The molecule has 0 spiro atoms. The molecule has 3 rings (SSSR count). The van der Waals surface area contributed by atoms with Gasteiger partial charge in [-0.3, -0.25) is 0 Å². The fourth-order valence-corrected chi connectivity index (χ4v) is 4.35. The van der Waals surface area contributed by atoms with Crippen molar-refractivity contribution in [2.24, 2.45) is 0 Å². The molecular weight excluding hydrogens is 340 g/mol. The largest absolute Gasteiger partial charge is 0.322 e. The van der Waals surface area contributed by atoms with E-state index in [1.165, 1.54) is 22.6 Å². The number of nitrogens with one attached hydrogen (secondary N) is 1. The molecule has 1 N–H and O–H groups in total. The Morgan fingerprint density at radius 2 is 2.04 bits per heavy atom. The minimum atomic E-state index is -0.0344. The Balaban J connectivity index is 1.80. The summed E-state index contributed by atoms with van der Waals surface area (Å²) in [6.45, 7) is 4.87. The SMILES string of the molecule is Cc1ccc(C2CCCCCN2C(=O)Nc2ccc(C)c(Cl)c2)s1. The normalized spacial score (nSPS) is 18.3. The molecule has 1 aromatic carbocycles. The number of amides is 2. The first-order valence-electron chi connectivity index (χ1n) is 8.45. The first-order chi connectivity index (χ1) is 11.5. The van der Waals surface area contributed by atoms with Crippen molar-refractivity contribution in [2.45, 2.75) is 45.6 Å². The molecule has 1 atom stereocenters. The second kappa shape index (κ2) is 7.58. The van der Waals surface area contributed by atoms with E-state index in [9.17, 15) is 4.79 Å². The van der Waals surface area contributed by atoms with Crippen molar-refractivity contribution >= 4 is 34.7 Å². The average molecular weight is 363 g/mol. The number of hydrogen-bond donors (Lipinski definition) is 1. The number of rotatable bonds is 2. The van der Waals surface area contributed by atoms with Crippen LogP contribution in [0.1, 0.15) is 47.0 Å². The lowest BCUT2D eigenvalue weighted by atomic mass is 10.1. The topological polar surface area (TPSA) is 32.3 Å². The van der Waals surface area contributed by atoms with Crippen LogP contribution in [0.15, 0.2) is 30.3 Å². The number of aryl methyl sites for hydroxylation is 2. The van der Waals surface area contributed by atoms with Crippen LogP contribution in [0.3, 0.4) is 0 Å². The summed E-state index contributed by atoms with van der Waals surface area (Å²) in [6, 6.07) is 10.1. The van der Waals surface area contributed by atoms with Gasteiger partial charge in [0, 0.05) is 27.0 Å². The van der Waals surface area contributed by atoms with Crippen molar-refractivity contribution in [2.75, 3.05) is 11.9 Å². The summed E-state index contributed by atoms with van der Waals surface area (Å²) >= 11 is 7.97. The summed E-state index contributed by atoms with van der Waals surface area (Å²) in [7, 11) is 0. The van der Waals surface area contributed by atoms with Gasteiger partial charge in [0.15, 0.2) is 0 Å². The van der Waals surface area contributed by atoms with Crippen molar-refractivity contribution in [1.29, 1.82) is 0 Å². The van der Waals surface area contributed by atoms with Gasteiger partial charge in [-0.05, 0) is 56.5 Å². The minimum Gasteiger partial charge on any atom is -0.317 e. The lowest BCUT2D eigenvalue weighted by Gasteiger charge is -2.29. The summed E-state index contributed by atoms with van der Waals surface area (Å²) in [5, 5.41) is 3.70. The molecule has 0 radical (unpaired) electrons. The van der Waals surface area contributed by atoms with Gasteiger partial charge in [0.05, 0.1) is 6.04 Å². The zero-order valence-corrected chi connectivity index (χ0v) is 15.7. The van der Waals surface area contributed by atoms with Crippen LogP contribution in [0.5, 0.6) is 0 Å². The predicted octanol–water partition coefficient (Wildman–Crippen LogP) is 6.17. The van der Waals surface area contributed by atoms with Crippen LogP contribution in [-0.2, 0) is 0 Å². The number of carbonyl (C=O) groups is 1. The zero-order chi connectivity index (χ0) is 17.1. The molecule has 24 heavy (non-hydrogen) atoms. The third kappa shape index (κ3) is 3.93. The smallest absolute Gasteiger partial charge is 0.317 e. The third-order valence-electron chi connectivity index (χ3n) is 4.53. The standard InChI is InChI=1S/C19H23ClN2OS/c1-13-7-9-15(12-16(13)20)21-19(23)22-11-5-3-4-6-17(22)18-10-8-14(2)24-18/h7-10,12,17H,3-6,11H2,1-2H3,(H,21,23). The van der Waals surface area contributed by atoms with E-state index in [0.29, 0.717) is 5.02 Å². The number of nitrogens with zero attached hydrogens (tertiary/aromatic N) is 1. The van der Waals surface area contributed by atoms with Crippen LogP contribution in [0.4, 0.5) is 10.5 Å². The van der Waals surface area contributed by atoms with Gasteiger partial charge in [0.25, 0.3) is 0 Å². The molecule has 2 aromatic rings. The lowest BCUT2D eigenvalue weighted by molar-refractivity contribution is 0.190. The number of anilines is 1. The molecule has 1 saturated heterocycles. The number of halogens is 1. The second-order valence-corrected chi connectivity index (χ2v) is 8.13. The number of likely N-dealkylation sites (tertiary alicyclic amines) is 1. The molecule has 3 nitrogen and oxygen atoms in total. The van der Waals surface area contributed by atoms with Crippen molar-refractivity contribution in [3.63, 3.8) is 0 Å². The minimum absolute atomic E-state index is 0.0344. The highest BCUT2D eigenvalue weighted by Crippen LogP contribution is 2.34. The van der Waals surface area contributed by atoms with Gasteiger partial charge in [-0.1, -0.05) is 30.5 Å². The number of carbonyl (C=O) groups excluding carboxylic acids is 1. The molecule has 0 aliphatic carbocycles. The van der Waals surface area contributed by atoms with E-state index in [-0.39, 0.29) is 12.1 Å². The molecule has 2 amide bonds. The van der Waals surface area contributed by atoms with Gasteiger partial charge in [-0.25, -0.2) is 4.79 Å². The third-order valence-corrected chi connectivity index (χ3v) is 6.04. The Morgan fingerprint density at radius 1 is 1.21 bits per heavy atom. The zero-order valence-electron chi connectivity index (χ0n) is 14.1. The van der Waals surface area contributed by atoms with Gasteiger partial charge >= 0.3 is 6.03 Å². The van der Waals surface area contributed by atoms with Crippen LogP contribution < -0.4 is 5.32 Å². The van der Waals surface area contributed by atoms with Crippen molar-refractivity contribution < 1.29 is 4.79 Å². The summed E-state index contributed by atoms with van der Waals surface area (Å²) < 4.78 is 0. The van der Waals surface area contributed by atoms with Crippen LogP contribution in [-0.4, -0.2) is 17.5 Å². The number of hydrogen-bond acceptors (Lipinski definition) is 2. The van der Waals surface area contributed by atoms with Crippen LogP contribution in [0.25, 0.3) is 0 Å². The molecule has 1 aliphatic heterocycles. The maximum absolute atomic E-state index is 12.9. The van der Waals surface area contributed by atoms with Gasteiger partial charge < -0.3 is 10.2 Å². The van der Waals surface area contributed by atoms with E-state index in [2.05, 4.69) is 24.4 Å². The highest BCUT2D eigenvalue weighted by Gasteiger charge is 2.27. The summed E-state index contributed by atoms with van der Waals surface area (Å²) in [5.74, 6) is 0. The maximum atomic E-state index is 12.9. The van der Waals surface area contributed by atoms with Crippen molar-refractivity contribution in [1.82, 2.24) is 4.90 Å². The van der Waals surface area contributed by atoms with E-state index in [0.717, 1.165) is 30.6 Å². The van der Waals surface area contributed by atoms with Gasteiger partial charge in [-0.15, -0.1) is 11.3 Å². The average Bonchev–Trinajstić information content (AvgIpc) is 2.83. The Kier molecular flexibility index (Phi) is 5.47. The number of benzene rings is 1. The Labute approximate surface area is 152 Å². The predicted molar refractivity (Wildman–Crippen MR) is 102 cm³/mol. The molecule has 1 unspecified atom stereocenters. The molecule has 0 bridgehead atoms. The Morgan fingerprint density at radius 3 is 2.75 bits per heavy atom. The second-order valence-electron chi connectivity index (χ2n) is 6.40. The Bertz CT molecular complexity index is 728. The molecule has 128 valence electrons. The quantitative estimate of drug-likeness (QED) is 0.680. The fourth-order valence-electron chi connectivity index (χ4n) is 3.15. The molecule has 1 fully saturated rings. The van der Waals surface area contributed by atoms with Gasteiger partial charge in [0.1, 0.15) is 0 Å².